The molecule has 4 heteroatoms. The van der Waals surface area contributed by atoms with Gasteiger partial charge < -0.3 is 10.4 Å². The van der Waals surface area contributed by atoms with E-state index in [1.165, 1.54) is 38.5 Å². The molecule has 1 aliphatic carbocycles. The van der Waals surface area contributed by atoms with Crippen LogP contribution in [-0.2, 0) is 9.59 Å². The number of hydrogen-bond acceptors (Lipinski definition) is 2. The molecule has 1 saturated carbocycles. The van der Waals surface area contributed by atoms with Crippen LogP contribution in [0.25, 0.3) is 0 Å². The molecule has 0 heterocycles. The van der Waals surface area contributed by atoms with Crippen LogP contribution in [-0.4, -0.2) is 23.5 Å². The topological polar surface area (TPSA) is 66.4 Å². The molecule has 0 unspecified atom stereocenters. The average molecular weight is 283 g/mol. The molecule has 1 amide bonds. The molecule has 0 aromatic carbocycles. The molecule has 0 atom stereocenters. The summed E-state index contributed by atoms with van der Waals surface area (Å²) >= 11 is 0. The van der Waals surface area contributed by atoms with Gasteiger partial charge in [0.05, 0.1) is 0 Å². The van der Waals surface area contributed by atoms with Crippen molar-refractivity contribution in [2.24, 2.45) is 5.92 Å². The molecule has 1 aliphatic rings. The monoisotopic (exact) mass is 283 g/mol. The van der Waals surface area contributed by atoms with Crippen molar-refractivity contribution in [1.82, 2.24) is 5.32 Å². The van der Waals surface area contributed by atoms with Crippen LogP contribution in [0.2, 0.25) is 0 Å². The van der Waals surface area contributed by atoms with Gasteiger partial charge in [-0.05, 0) is 31.6 Å². The fourth-order valence-electron chi connectivity index (χ4n) is 2.88. The van der Waals surface area contributed by atoms with E-state index in [2.05, 4.69) is 5.32 Å². The van der Waals surface area contributed by atoms with Crippen molar-refractivity contribution >= 4 is 11.9 Å². The summed E-state index contributed by atoms with van der Waals surface area (Å²) in [6, 6.07) is 0. The standard InChI is InChI=1S/C16H29NO3/c18-15(13-14-9-5-1-2-6-10-14)17-12-8-4-3-7-11-16(19)20/h14H,1-13H2,(H,17,18)(H,19,20). The number of unbranched alkanes of at least 4 members (excludes halogenated alkanes) is 3. The van der Waals surface area contributed by atoms with Gasteiger partial charge in [-0.15, -0.1) is 0 Å². The summed E-state index contributed by atoms with van der Waals surface area (Å²) < 4.78 is 0. The second-order valence-electron chi connectivity index (χ2n) is 5.97. The normalized spacial score (nSPS) is 16.6. The number of aliphatic carboxylic acids is 1. The third kappa shape index (κ3) is 8.94. The van der Waals surface area contributed by atoms with Gasteiger partial charge in [-0.1, -0.05) is 38.5 Å². The van der Waals surface area contributed by atoms with Crippen molar-refractivity contribution in [3.63, 3.8) is 0 Å². The zero-order chi connectivity index (χ0) is 14.6. The van der Waals surface area contributed by atoms with Crippen LogP contribution in [0, 0.1) is 5.92 Å². The zero-order valence-electron chi connectivity index (χ0n) is 12.5. The number of carboxylic acid groups (broad SMARTS) is 1. The van der Waals surface area contributed by atoms with Gasteiger partial charge in [0.2, 0.25) is 5.91 Å². The third-order valence-electron chi connectivity index (χ3n) is 4.09. The number of hydrogen-bond donors (Lipinski definition) is 2. The molecular formula is C16H29NO3. The van der Waals surface area contributed by atoms with E-state index in [4.69, 9.17) is 5.11 Å². The molecule has 0 aliphatic heterocycles. The predicted molar refractivity (Wildman–Crippen MR) is 79.5 cm³/mol. The highest BCUT2D eigenvalue weighted by atomic mass is 16.4. The molecule has 116 valence electrons. The van der Waals surface area contributed by atoms with Gasteiger partial charge in [-0.25, -0.2) is 0 Å². The van der Waals surface area contributed by atoms with Gasteiger partial charge in [-0.2, -0.15) is 0 Å². The highest BCUT2D eigenvalue weighted by Crippen LogP contribution is 2.25. The molecule has 20 heavy (non-hydrogen) atoms. The summed E-state index contributed by atoms with van der Waals surface area (Å²) in [6.45, 7) is 0.735. The first kappa shape index (κ1) is 17.0. The van der Waals surface area contributed by atoms with E-state index in [1.54, 1.807) is 0 Å². The van der Waals surface area contributed by atoms with E-state index >= 15 is 0 Å². The first-order chi connectivity index (χ1) is 9.68. The number of rotatable bonds is 9. The Kier molecular flexibility index (Phi) is 9.09. The summed E-state index contributed by atoms with van der Waals surface area (Å²) in [5.74, 6) is 0.0669. The first-order valence-electron chi connectivity index (χ1n) is 8.17. The van der Waals surface area contributed by atoms with E-state index in [9.17, 15) is 9.59 Å². The van der Waals surface area contributed by atoms with Crippen molar-refractivity contribution in [2.45, 2.75) is 77.0 Å². The van der Waals surface area contributed by atoms with Crippen LogP contribution >= 0.6 is 0 Å². The number of nitrogens with one attached hydrogen (secondary N) is 1. The van der Waals surface area contributed by atoms with E-state index in [-0.39, 0.29) is 12.3 Å². The van der Waals surface area contributed by atoms with Crippen LogP contribution in [0.3, 0.4) is 0 Å². The largest absolute Gasteiger partial charge is 0.481 e. The lowest BCUT2D eigenvalue weighted by Crippen LogP contribution is -2.26. The Balaban J connectivity index is 1.95. The first-order valence-corrected chi connectivity index (χ1v) is 8.17. The highest BCUT2D eigenvalue weighted by Gasteiger charge is 2.15. The Hall–Kier alpha value is -1.06. The van der Waals surface area contributed by atoms with Crippen molar-refractivity contribution in [1.29, 1.82) is 0 Å². The van der Waals surface area contributed by atoms with Crippen molar-refractivity contribution in [3.05, 3.63) is 0 Å². The van der Waals surface area contributed by atoms with Crippen LogP contribution < -0.4 is 5.32 Å². The third-order valence-corrected chi connectivity index (χ3v) is 4.09. The number of carbonyl (C=O) groups is 2. The van der Waals surface area contributed by atoms with Crippen LogP contribution in [0.5, 0.6) is 0 Å². The predicted octanol–water partition coefficient (Wildman–Crippen LogP) is 3.50. The van der Waals surface area contributed by atoms with Gasteiger partial charge in [0.1, 0.15) is 0 Å². The molecule has 0 bridgehead atoms. The molecule has 0 saturated heterocycles. The lowest BCUT2D eigenvalue weighted by Gasteiger charge is -2.13. The van der Waals surface area contributed by atoms with E-state index in [0.717, 1.165) is 32.2 Å². The summed E-state index contributed by atoms with van der Waals surface area (Å²) in [5, 5.41) is 11.5. The Morgan fingerprint density at radius 2 is 1.60 bits per heavy atom. The van der Waals surface area contributed by atoms with Gasteiger partial charge in [0, 0.05) is 19.4 Å². The second kappa shape index (κ2) is 10.7. The van der Waals surface area contributed by atoms with Crippen LogP contribution in [0.15, 0.2) is 0 Å². The van der Waals surface area contributed by atoms with Crippen molar-refractivity contribution in [2.75, 3.05) is 6.54 Å². The fourth-order valence-corrected chi connectivity index (χ4v) is 2.88. The lowest BCUT2D eigenvalue weighted by molar-refractivity contribution is -0.137. The summed E-state index contributed by atoms with van der Waals surface area (Å²) in [5.41, 5.74) is 0. The van der Waals surface area contributed by atoms with Crippen molar-refractivity contribution in [3.8, 4) is 0 Å². The maximum absolute atomic E-state index is 11.8. The molecule has 1 rings (SSSR count). The molecule has 0 aromatic heterocycles. The van der Waals surface area contributed by atoms with E-state index in [1.807, 2.05) is 0 Å². The molecule has 0 aromatic rings. The smallest absolute Gasteiger partial charge is 0.303 e. The van der Waals surface area contributed by atoms with Gasteiger partial charge in [-0.3, -0.25) is 9.59 Å². The lowest BCUT2D eigenvalue weighted by atomic mass is 9.96. The highest BCUT2D eigenvalue weighted by molar-refractivity contribution is 5.76. The van der Waals surface area contributed by atoms with Gasteiger partial charge in [0.15, 0.2) is 0 Å². The van der Waals surface area contributed by atoms with Crippen LogP contribution in [0.1, 0.15) is 77.0 Å². The zero-order valence-corrected chi connectivity index (χ0v) is 12.5. The van der Waals surface area contributed by atoms with E-state index in [0.29, 0.717) is 12.3 Å². The Morgan fingerprint density at radius 1 is 0.950 bits per heavy atom. The number of amides is 1. The Labute approximate surface area is 122 Å². The summed E-state index contributed by atoms with van der Waals surface area (Å²) in [7, 11) is 0. The SMILES string of the molecule is O=C(O)CCCCCCNC(=O)CC1CCCCCC1. The maximum atomic E-state index is 11.8. The van der Waals surface area contributed by atoms with E-state index < -0.39 is 5.97 Å². The number of carbonyl (C=O) groups excluding carboxylic acids is 1. The molecule has 2 N–H and O–H groups in total. The fraction of sp³-hybridized carbons (Fsp3) is 0.875. The van der Waals surface area contributed by atoms with Gasteiger partial charge >= 0.3 is 5.97 Å². The Bertz CT molecular complexity index is 283. The maximum Gasteiger partial charge on any atom is 0.303 e. The molecular weight excluding hydrogens is 254 g/mol. The van der Waals surface area contributed by atoms with Crippen LogP contribution in [0.4, 0.5) is 0 Å². The molecule has 1 fully saturated rings. The summed E-state index contributed by atoms with van der Waals surface area (Å²) in [6.07, 6.45) is 12.2. The average Bonchev–Trinajstić information content (AvgIpc) is 2.66. The second-order valence-corrected chi connectivity index (χ2v) is 5.97. The quantitative estimate of drug-likeness (QED) is 0.503. The minimum Gasteiger partial charge on any atom is -0.481 e. The molecule has 4 nitrogen and oxygen atoms in total. The Morgan fingerprint density at radius 3 is 2.25 bits per heavy atom. The summed E-state index contributed by atoms with van der Waals surface area (Å²) in [4.78, 5) is 22.1. The minimum atomic E-state index is -0.721. The minimum absolute atomic E-state index is 0.197. The molecule has 0 spiro atoms. The van der Waals surface area contributed by atoms with Crippen molar-refractivity contribution < 1.29 is 14.7 Å². The number of carboxylic acids is 1. The molecule has 0 radical (unpaired) electrons. The van der Waals surface area contributed by atoms with Gasteiger partial charge in [0.25, 0.3) is 0 Å².